The van der Waals surface area contributed by atoms with Gasteiger partial charge in [0.05, 0.1) is 11.3 Å². The SMILES string of the molecule is C[C@H]1CCc2c(sc(NC(=O)CSc3ncccn3)c2C#N)C1. The van der Waals surface area contributed by atoms with Crippen molar-refractivity contribution in [2.24, 2.45) is 5.92 Å². The quantitative estimate of drug-likeness (QED) is 0.680. The van der Waals surface area contributed by atoms with Crippen molar-refractivity contribution >= 4 is 34.0 Å². The number of thioether (sulfide) groups is 1. The van der Waals surface area contributed by atoms with Crippen LogP contribution in [0.3, 0.4) is 0 Å². The van der Waals surface area contributed by atoms with Crippen LogP contribution in [0.2, 0.25) is 0 Å². The van der Waals surface area contributed by atoms with Crippen LogP contribution in [0.25, 0.3) is 0 Å². The molecule has 1 atom stereocenters. The van der Waals surface area contributed by atoms with E-state index in [1.807, 2.05) is 0 Å². The lowest BCUT2D eigenvalue weighted by Gasteiger charge is -2.17. The molecule has 1 aliphatic rings. The van der Waals surface area contributed by atoms with Gasteiger partial charge in [0.25, 0.3) is 0 Å². The molecule has 118 valence electrons. The minimum Gasteiger partial charge on any atom is -0.316 e. The molecule has 5 nitrogen and oxygen atoms in total. The normalized spacial score (nSPS) is 16.4. The second kappa shape index (κ2) is 7.11. The fourth-order valence-electron chi connectivity index (χ4n) is 2.61. The molecule has 0 bridgehead atoms. The topological polar surface area (TPSA) is 78.7 Å². The fraction of sp³-hybridized carbons (Fsp3) is 0.375. The number of thiophene rings is 1. The summed E-state index contributed by atoms with van der Waals surface area (Å²) in [5, 5.41) is 13.6. The number of hydrogen-bond donors (Lipinski definition) is 1. The molecule has 0 aliphatic heterocycles. The molecule has 1 N–H and O–H groups in total. The molecule has 0 aromatic carbocycles. The summed E-state index contributed by atoms with van der Waals surface area (Å²) in [5.41, 5.74) is 1.77. The highest BCUT2D eigenvalue weighted by Crippen LogP contribution is 2.39. The van der Waals surface area contributed by atoms with Crippen molar-refractivity contribution in [2.45, 2.75) is 31.3 Å². The maximum absolute atomic E-state index is 12.1. The Labute approximate surface area is 143 Å². The third kappa shape index (κ3) is 3.71. The molecule has 2 aromatic heterocycles. The van der Waals surface area contributed by atoms with Crippen molar-refractivity contribution in [1.82, 2.24) is 9.97 Å². The Morgan fingerprint density at radius 1 is 1.52 bits per heavy atom. The average molecular weight is 344 g/mol. The first-order valence-electron chi connectivity index (χ1n) is 7.41. The zero-order chi connectivity index (χ0) is 16.2. The Balaban J connectivity index is 1.68. The lowest BCUT2D eigenvalue weighted by molar-refractivity contribution is -0.113. The van der Waals surface area contributed by atoms with E-state index >= 15 is 0 Å². The molecule has 0 saturated heterocycles. The smallest absolute Gasteiger partial charge is 0.235 e. The van der Waals surface area contributed by atoms with Crippen molar-refractivity contribution in [2.75, 3.05) is 11.1 Å². The van der Waals surface area contributed by atoms with Gasteiger partial charge in [0, 0.05) is 17.3 Å². The number of fused-ring (bicyclic) bond motifs is 1. The number of rotatable bonds is 4. The Morgan fingerprint density at radius 3 is 3.04 bits per heavy atom. The number of nitrogens with zero attached hydrogens (tertiary/aromatic N) is 3. The summed E-state index contributed by atoms with van der Waals surface area (Å²) in [5.74, 6) is 0.737. The molecule has 0 fully saturated rings. The van der Waals surface area contributed by atoms with E-state index in [1.165, 1.54) is 16.6 Å². The first-order valence-corrected chi connectivity index (χ1v) is 9.22. The van der Waals surface area contributed by atoms with Crippen LogP contribution in [0.1, 0.15) is 29.3 Å². The summed E-state index contributed by atoms with van der Waals surface area (Å²) in [4.78, 5) is 21.5. The van der Waals surface area contributed by atoms with Crippen molar-refractivity contribution < 1.29 is 4.79 Å². The summed E-state index contributed by atoms with van der Waals surface area (Å²) < 4.78 is 0. The van der Waals surface area contributed by atoms with Crippen molar-refractivity contribution in [3.63, 3.8) is 0 Å². The standard InChI is InChI=1S/C16H16N4OS2/c1-10-3-4-11-12(8-17)15(23-13(11)7-10)20-14(21)9-22-16-18-5-2-6-19-16/h2,5-6,10H,3-4,7,9H2,1H3,(H,20,21)/t10-/m0/s1. The van der Waals surface area contributed by atoms with Crippen LogP contribution in [-0.2, 0) is 17.6 Å². The van der Waals surface area contributed by atoms with E-state index < -0.39 is 0 Å². The highest BCUT2D eigenvalue weighted by molar-refractivity contribution is 7.99. The first-order chi connectivity index (χ1) is 11.2. The summed E-state index contributed by atoms with van der Waals surface area (Å²) in [6, 6.07) is 4.00. The Bertz CT molecular complexity index is 751. The molecule has 3 rings (SSSR count). The summed E-state index contributed by atoms with van der Waals surface area (Å²) in [6.45, 7) is 2.23. The van der Waals surface area contributed by atoms with Crippen LogP contribution >= 0.6 is 23.1 Å². The number of carbonyl (C=O) groups excluding carboxylic acids is 1. The molecule has 1 amide bonds. The van der Waals surface area contributed by atoms with Gasteiger partial charge in [-0.15, -0.1) is 11.3 Å². The van der Waals surface area contributed by atoms with Crippen molar-refractivity contribution in [1.29, 1.82) is 5.26 Å². The van der Waals surface area contributed by atoms with Gasteiger partial charge in [-0.3, -0.25) is 4.79 Å². The molecule has 7 heteroatoms. The Kier molecular flexibility index (Phi) is 4.94. The minimum absolute atomic E-state index is 0.134. The summed E-state index contributed by atoms with van der Waals surface area (Å²) in [6.07, 6.45) is 6.33. The predicted octanol–water partition coefficient (Wildman–Crippen LogP) is 3.27. The lowest BCUT2D eigenvalue weighted by Crippen LogP contribution is -2.14. The number of nitriles is 1. The lowest BCUT2D eigenvalue weighted by atomic mass is 9.89. The maximum atomic E-state index is 12.1. The maximum Gasteiger partial charge on any atom is 0.235 e. The molecular formula is C16H16N4OS2. The molecule has 1 aliphatic carbocycles. The number of anilines is 1. The molecule has 23 heavy (non-hydrogen) atoms. The summed E-state index contributed by atoms with van der Waals surface area (Å²) in [7, 11) is 0. The zero-order valence-corrected chi connectivity index (χ0v) is 14.3. The van der Waals surface area contributed by atoms with E-state index in [-0.39, 0.29) is 11.7 Å². The van der Waals surface area contributed by atoms with Crippen LogP contribution in [0.5, 0.6) is 0 Å². The Morgan fingerprint density at radius 2 is 2.30 bits per heavy atom. The van der Waals surface area contributed by atoms with Gasteiger partial charge in [-0.05, 0) is 36.8 Å². The second-order valence-corrected chi connectivity index (χ2v) is 7.58. The number of aromatic nitrogens is 2. The van der Waals surface area contributed by atoms with Crippen LogP contribution in [0, 0.1) is 17.2 Å². The highest BCUT2D eigenvalue weighted by atomic mass is 32.2. The van der Waals surface area contributed by atoms with Crippen LogP contribution in [-0.4, -0.2) is 21.6 Å². The average Bonchev–Trinajstić information content (AvgIpc) is 2.89. The number of carbonyl (C=O) groups is 1. The van der Waals surface area contributed by atoms with Crippen molar-refractivity contribution in [3.05, 3.63) is 34.5 Å². The minimum atomic E-state index is -0.134. The van der Waals surface area contributed by atoms with Gasteiger partial charge < -0.3 is 5.32 Å². The van der Waals surface area contributed by atoms with Gasteiger partial charge in [0.2, 0.25) is 5.91 Å². The van der Waals surface area contributed by atoms with Crippen LogP contribution in [0.15, 0.2) is 23.6 Å². The van der Waals surface area contributed by atoms with E-state index in [9.17, 15) is 10.1 Å². The van der Waals surface area contributed by atoms with E-state index in [4.69, 9.17) is 0 Å². The third-order valence-corrected chi connectivity index (χ3v) is 5.80. The van der Waals surface area contributed by atoms with E-state index in [2.05, 4.69) is 28.3 Å². The number of nitrogens with one attached hydrogen (secondary N) is 1. The van der Waals surface area contributed by atoms with Gasteiger partial charge in [0.1, 0.15) is 11.1 Å². The zero-order valence-electron chi connectivity index (χ0n) is 12.7. The van der Waals surface area contributed by atoms with Gasteiger partial charge >= 0.3 is 0 Å². The molecule has 2 aromatic rings. The Hall–Kier alpha value is -1.91. The van der Waals surface area contributed by atoms with E-state index in [1.54, 1.807) is 29.8 Å². The monoisotopic (exact) mass is 344 g/mol. The third-order valence-electron chi connectivity index (χ3n) is 3.75. The van der Waals surface area contributed by atoms with E-state index in [0.29, 0.717) is 21.6 Å². The molecule has 0 radical (unpaired) electrons. The molecule has 0 spiro atoms. The highest BCUT2D eigenvalue weighted by Gasteiger charge is 2.24. The number of hydrogen-bond acceptors (Lipinski definition) is 6. The van der Waals surface area contributed by atoms with E-state index in [0.717, 1.165) is 24.8 Å². The van der Waals surface area contributed by atoms with Crippen LogP contribution in [0.4, 0.5) is 5.00 Å². The van der Waals surface area contributed by atoms with Gasteiger partial charge in [-0.1, -0.05) is 18.7 Å². The largest absolute Gasteiger partial charge is 0.316 e. The van der Waals surface area contributed by atoms with Crippen LogP contribution < -0.4 is 5.32 Å². The summed E-state index contributed by atoms with van der Waals surface area (Å²) >= 11 is 2.83. The first kappa shape index (κ1) is 16.0. The molecule has 0 saturated carbocycles. The van der Waals surface area contributed by atoms with Crippen molar-refractivity contribution in [3.8, 4) is 6.07 Å². The second-order valence-electron chi connectivity index (χ2n) is 5.54. The molecule has 2 heterocycles. The number of amides is 1. The van der Waals surface area contributed by atoms with Gasteiger partial charge in [0.15, 0.2) is 5.16 Å². The predicted molar refractivity (Wildman–Crippen MR) is 91.6 cm³/mol. The molecule has 0 unspecified atom stereocenters. The van der Waals surface area contributed by atoms with Gasteiger partial charge in [-0.25, -0.2) is 9.97 Å². The van der Waals surface area contributed by atoms with Gasteiger partial charge in [-0.2, -0.15) is 5.26 Å². The fourth-order valence-corrected chi connectivity index (χ4v) is 4.59. The molecular weight excluding hydrogens is 328 g/mol.